The van der Waals surface area contributed by atoms with E-state index in [4.69, 9.17) is 9.47 Å². The maximum atomic E-state index is 5.91. The predicted octanol–water partition coefficient (Wildman–Crippen LogP) is 4.21. The highest BCUT2D eigenvalue weighted by Crippen LogP contribution is 2.24. The smallest absolute Gasteiger partial charge is 0.191 e. The second-order valence-electron chi connectivity index (χ2n) is 8.62. The Morgan fingerprint density at radius 2 is 1.91 bits per heavy atom. The lowest BCUT2D eigenvalue weighted by atomic mass is 10.1. The fourth-order valence-electron chi connectivity index (χ4n) is 4.22. The Balaban J connectivity index is 0.00000385. The minimum Gasteiger partial charge on any atom is -0.491 e. The molecule has 1 fully saturated rings. The second-order valence-corrected chi connectivity index (χ2v) is 8.62. The lowest BCUT2D eigenvalue weighted by Gasteiger charge is -2.21. The molecule has 1 heterocycles. The Hall–Kier alpha value is -1.84. The van der Waals surface area contributed by atoms with Gasteiger partial charge in [0.25, 0.3) is 0 Å². The normalized spacial score (nSPS) is 18.6. The minimum atomic E-state index is 0. The highest BCUT2D eigenvalue weighted by atomic mass is 127. The number of hydrogen-bond acceptors (Lipinski definition) is 4. The number of likely N-dealkylation sites (tertiary alicyclic amines) is 1. The maximum absolute atomic E-state index is 5.91. The third kappa shape index (κ3) is 8.79. The van der Waals surface area contributed by atoms with Gasteiger partial charge in [0, 0.05) is 51.9 Å². The van der Waals surface area contributed by atoms with E-state index >= 15 is 0 Å². The minimum absolute atomic E-state index is 0. The number of ether oxygens (including phenoxy) is 2. The third-order valence-corrected chi connectivity index (χ3v) is 6.01. The molecule has 7 heteroatoms. The van der Waals surface area contributed by atoms with Crippen molar-refractivity contribution in [2.24, 2.45) is 10.9 Å². The molecule has 1 aliphatic rings. The fourth-order valence-corrected chi connectivity index (χ4v) is 4.22. The molecule has 0 aliphatic carbocycles. The lowest BCUT2D eigenvalue weighted by molar-refractivity contribution is 0.145. The number of aryl methyl sites for hydroxylation is 1. The number of methoxy groups -OCH3 is 1. The molecule has 0 saturated carbocycles. The van der Waals surface area contributed by atoms with Crippen LogP contribution < -0.4 is 15.4 Å². The monoisotopic (exact) mass is 566 g/mol. The molecule has 0 radical (unpaired) electrons. The van der Waals surface area contributed by atoms with E-state index in [1.807, 2.05) is 7.05 Å². The van der Waals surface area contributed by atoms with Crippen LogP contribution in [0.15, 0.2) is 53.5 Å². The first kappa shape index (κ1) is 27.4. The van der Waals surface area contributed by atoms with Gasteiger partial charge in [-0.1, -0.05) is 42.5 Å². The Kier molecular flexibility index (Phi) is 12.0. The van der Waals surface area contributed by atoms with Gasteiger partial charge in [-0.2, -0.15) is 0 Å². The molecule has 2 N–H and O–H groups in total. The van der Waals surface area contributed by atoms with Crippen LogP contribution in [0.25, 0.3) is 0 Å². The van der Waals surface area contributed by atoms with Crippen molar-refractivity contribution < 1.29 is 9.47 Å². The predicted molar refractivity (Wildman–Crippen MR) is 147 cm³/mol. The summed E-state index contributed by atoms with van der Waals surface area (Å²) < 4.78 is 11.0. The van der Waals surface area contributed by atoms with Crippen molar-refractivity contribution in [2.45, 2.75) is 39.4 Å². The van der Waals surface area contributed by atoms with Crippen molar-refractivity contribution in [2.75, 3.05) is 40.5 Å². The molecule has 2 aromatic rings. The largest absolute Gasteiger partial charge is 0.491 e. The summed E-state index contributed by atoms with van der Waals surface area (Å²) in [4.78, 5) is 6.99. The summed E-state index contributed by atoms with van der Waals surface area (Å²) in [7, 11) is 3.50. The Labute approximate surface area is 216 Å². The fraction of sp³-hybridized carbons (Fsp3) is 0.500. The van der Waals surface area contributed by atoms with E-state index in [1.165, 1.54) is 17.5 Å². The number of hydrogen-bond donors (Lipinski definition) is 2. The average Bonchev–Trinajstić information content (AvgIpc) is 3.15. The van der Waals surface area contributed by atoms with Crippen LogP contribution in [-0.4, -0.2) is 57.4 Å². The van der Waals surface area contributed by atoms with Gasteiger partial charge < -0.3 is 20.1 Å². The van der Waals surface area contributed by atoms with Gasteiger partial charge in [-0.25, -0.2) is 0 Å². The number of benzene rings is 2. The summed E-state index contributed by atoms with van der Waals surface area (Å²) >= 11 is 0. The zero-order chi connectivity index (χ0) is 22.8. The molecule has 182 valence electrons. The molecule has 33 heavy (non-hydrogen) atoms. The highest BCUT2D eigenvalue weighted by Gasteiger charge is 2.28. The van der Waals surface area contributed by atoms with Crippen LogP contribution in [0.5, 0.6) is 5.75 Å². The van der Waals surface area contributed by atoms with Crippen LogP contribution in [0, 0.1) is 12.8 Å². The van der Waals surface area contributed by atoms with Crippen LogP contribution in [-0.2, 0) is 17.8 Å². The van der Waals surface area contributed by atoms with Crippen LogP contribution in [0.4, 0.5) is 0 Å². The standard InChI is InChI=1S/C26H38N4O2.HI/c1-20-10-11-24(25(14-20)32-13-12-31-4)17-29-26(27-3)28-16-23-15-21(2)30(19-23)18-22-8-6-5-7-9-22;/h5-11,14,21,23H,12-13,15-19H2,1-4H3,(H2,27,28,29);1H. The van der Waals surface area contributed by atoms with Gasteiger partial charge >= 0.3 is 0 Å². The molecule has 1 aliphatic heterocycles. The second kappa shape index (κ2) is 14.4. The lowest BCUT2D eigenvalue weighted by Crippen LogP contribution is -2.40. The molecular weight excluding hydrogens is 527 g/mol. The van der Waals surface area contributed by atoms with E-state index in [0.717, 1.165) is 36.9 Å². The SMILES string of the molecule is CN=C(NCc1ccc(C)cc1OCCOC)NCC1CC(C)N(Cc2ccccc2)C1.I. The first-order valence-corrected chi connectivity index (χ1v) is 11.5. The molecule has 6 nitrogen and oxygen atoms in total. The Morgan fingerprint density at radius 3 is 2.64 bits per heavy atom. The van der Waals surface area contributed by atoms with Gasteiger partial charge in [0.05, 0.1) is 6.61 Å². The molecule has 0 amide bonds. The number of aliphatic imine (C=N–C) groups is 1. The van der Waals surface area contributed by atoms with Crippen molar-refractivity contribution in [3.05, 3.63) is 65.2 Å². The van der Waals surface area contributed by atoms with E-state index < -0.39 is 0 Å². The summed E-state index contributed by atoms with van der Waals surface area (Å²) in [5.41, 5.74) is 3.67. The average molecular weight is 567 g/mol. The zero-order valence-corrected chi connectivity index (χ0v) is 22.7. The topological polar surface area (TPSA) is 58.1 Å². The summed E-state index contributed by atoms with van der Waals surface area (Å²) in [6.07, 6.45) is 1.20. The van der Waals surface area contributed by atoms with E-state index in [2.05, 4.69) is 82.9 Å². The quantitative estimate of drug-likeness (QED) is 0.195. The van der Waals surface area contributed by atoms with Crippen molar-refractivity contribution in [1.82, 2.24) is 15.5 Å². The van der Waals surface area contributed by atoms with Crippen molar-refractivity contribution in [3.63, 3.8) is 0 Å². The van der Waals surface area contributed by atoms with E-state index in [0.29, 0.717) is 31.7 Å². The van der Waals surface area contributed by atoms with Crippen LogP contribution >= 0.6 is 24.0 Å². The first-order valence-electron chi connectivity index (χ1n) is 11.5. The van der Waals surface area contributed by atoms with Crippen LogP contribution in [0.3, 0.4) is 0 Å². The van der Waals surface area contributed by atoms with Gasteiger partial charge in [-0.15, -0.1) is 24.0 Å². The molecule has 2 atom stereocenters. The molecule has 1 saturated heterocycles. The van der Waals surface area contributed by atoms with Crippen LogP contribution in [0.2, 0.25) is 0 Å². The maximum Gasteiger partial charge on any atom is 0.191 e. The summed E-state index contributed by atoms with van der Waals surface area (Å²) in [5, 5.41) is 6.96. The number of halogens is 1. The van der Waals surface area contributed by atoms with Crippen molar-refractivity contribution in [3.8, 4) is 5.75 Å². The molecule has 0 spiro atoms. The van der Waals surface area contributed by atoms with Crippen molar-refractivity contribution in [1.29, 1.82) is 0 Å². The van der Waals surface area contributed by atoms with Gasteiger partial charge in [-0.05, 0) is 43.4 Å². The number of nitrogens with zero attached hydrogens (tertiary/aromatic N) is 2. The van der Waals surface area contributed by atoms with Gasteiger partial charge in [0.1, 0.15) is 12.4 Å². The van der Waals surface area contributed by atoms with Gasteiger partial charge in [-0.3, -0.25) is 9.89 Å². The summed E-state index contributed by atoms with van der Waals surface area (Å²) in [6, 6.07) is 17.6. The van der Waals surface area contributed by atoms with Crippen LogP contribution in [0.1, 0.15) is 30.0 Å². The number of nitrogens with one attached hydrogen (secondary N) is 2. The molecule has 3 rings (SSSR count). The molecular formula is C26H39IN4O2. The molecule has 0 aromatic heterocycles. The van der Waals surface area contributed by atoms with Crippen molar-refractivity contribution >= 4 is 29.9 Å². The Bertz CT molecular complexity index is 863. The Morgan fingerprint density at radius 1 is 1.12 bits per heavy atom. The molecule has 2 unspecified atom stereocenters. The molecule has 0 bridgehead atoms. The summed E-state index contributed by atoms with van der Waals surface area (Å²) in [5.74, 6) is 2.33. The van der Waals surface area contributed by atoms with E-state index in [1.54, 1.807) is 7.11 Å². The van der Waals surface area contributed by atoms with E-state index in [9.17, 15) is 0 Å². The molecule has 2 aromatic carbocycles. The first-order chi connectivity index (χ1) is 15.6. The summed E-state index contributed by atoms with van der Waals surface area (Å²) in [6.45, 7) is 9.22. The van der Waals surface area contributed by atoms with Gasteiger partial charge in [0.2, 0.25) is 0 Å². The van der Waals surface area contributed by atoms with Gasteiger partial charge in [0.15, 0.2) is 5.96 Å². The third-order valence-electron chi connectivity index (χ3n) is 6.01. The number of guanidine groups is 1. The highest BCUT2D eigenvalue weighted by molar-refractivity contribution is 14.0. The van der Waals surface area contributed by atoms with E-state index in [-0.39, 0.29) is 24.0 Å². The zero-order valence-electron chi connectivity index (χ0n) is 20.3. The number of rotatable bonds is 10.